The molecule has 0 rings (SSSR count). The van der Waals surface area contributed by atoms with Crippen molar-refractivity contribution in [1.82, 2.24) is 0 Å². The summed E-state index contributed by atoms with van der Waals surface area (Å²) >= 11 is 0. The summed E-state index contributed by atoms with van der Waals surface area (Å²) in [4.78, 5) is 30.6. The van der Waals surface area contributed by atoms with Crippen LogP contribution >= 0.6 is 7.82 Å². The molecule has 0 atom stereocenters. The second-order valence-corrected chi connectivity index (χ2v) is 2.39. The van der Waals surface area contributed by atoms with E-state index in [-0.39, 0.29) is 13.2 Å². The zero-order chi connectivity index (χ0) is 11.5. The SMILES string of the molecule is NC(N)=O.O=P(O)(O)O.OCCO. The van der Waals surface area contributed by atoms with Gasteiger partial charge in [0.2, 0.25) is 0 Å². The lowest BCUT2D eigenvalue weighted by Crippen LogP contribution is -2.18. The summed E-state index contributed by atoms with van der Waals surface area (Å²) in [7, 11) is -4.64. The van der Waals surface area contributed by atoms with Crippen LogP contribution < -0.4 is 11.5 Å². The number of amides is 2. The fourth-order valence-electron chi connectivity index (χ4n) is 0. The third-order valence-electron chi connectivity index (χ3n) is 0.1000. The quantitative estimate of drug-likeness (QED) is 0.230. The molecule has 0 fully saturated rings. The van der Waals surface area contributed by atoms with E-state index in [2.05, 4.69) is 11.5 Å². The van der Waals surface area contributed by atoms with Gasteiger partial charge in [-0.15, -0.1) is 0 Å². The minimum Gasteiger partial charge on any atom is -0.394 e. The number of primary amides is 2. The maximum absolute atomic E-state index is 9.00. The molecule has 0 aromatic heterocycles. The number of rotatable bonds is 1. The Labute approximate surface area is 73.8 Å². The molecule has 13 heavy (non-hydrogen) atoms. The number of hydrogen-bond acceptors (Lipinski definition) is 4. The van der Waals surface area contributed by atoms with Crippen LogP contribution in [0, 0.1) is 0 Å². The first-order chi connectivity index (χ1) is 5.65. The zero-order valence-corrected chi connectivity index (χ0v) is 7.46. The first kappa shape index (κ1) is 18.2. The Kier molecular flexibility index (Phi) is 15.8. The van der Waals surface area contributed by atoms with Gasteiger partial charge in [-0.1, -0.05) is 0 Å². The van der Waals surface area contributed by atoms with E-state index in [0.29, 0.717) is 0 Å². The van der Waals surface area contributed by atoms with Crippen LogP contribution in [0.1, 0.15) is 0 Å². The molecule has 0 saturated carbocycles. The highest BCUT2D eigenvalue weighted by atomic mass is 31.2. The first-order valence-corrected chi connectivity index (χ1v) is 4.26. The number of hydrogen-bond donors (Lipinski definition) is 7. The van der Waals surface area contributed by atoms with Crippen molar-refractivity contribution in [2.45, 2.75) is 0 Å². The van der Waals surface area contributed by atoms with E-state index in [1.165, 1.54) is 0 Å². The van der Waals surface area contributed by atoms with Crippen LogP contribution in [0.5, 0.6) is 0 Å². The van der Waals surface area contributed by atoms with E-state index in [1.54, 1.807) is 0 Å². The molecule has 9 nitrogen and oxygen atoms in total. The molecule has 2 amide bonds. The highest BCUT2D eigenvalue weighted by Crippen LogP contribution is 2.25. The van der Waals surface area contributed by atoms with E-state index in [0.717, 1.165) is 0 Å². The Balaban J connectivity index is -0.000000117. The molecule has 0 bridgehead atoms. The number of phosphoric acid groups is 1. The van der Waals surface area contributed by atoms with E-state index >= 15 is 0 Å². The van der Waals surface area contributed by atoms with Gasteiger partial charge < -0.3 is 36.4 Å². The van der Waals surface area contributed by atoms with E-state index in [4.69, 9.17) is 34.3 Å². The number of aliphatic hydroxyl groups excluding tert-OH is 2. The lowest BCUT2D eigenvalue weighted by molar-refractivity contribution is 0.186. The zero-order valence-electron chi connectivity index (χ0n) is 6.57. The van der Waals surface area contributed by atoms with Crippen LogP contribution in [0.15, 0.2) is 0 Å². The molecule has 0 aliphatic heterocycles. The second kappa shape index (κ2) is 11.3. The van der Waals surface area contributed by atoms with Gasteiger partial charge in [0, 0.05) is 0 Å². The minimum absolute atomic E-state index is 0.125. The lowest BCUT2D eigenvalue weighted by Gasteiger charge is -1.82. The van der Waals surface area contributed by atoms with Crippen LogP contribution in [-0.2, 0) is 4.57 Å². The summed E-state index contributed by atoms with van der Waals surface area (Å²) in [6, 6.07) is -0.833. The number of carbonyl (C=O) groups excluding carboxylic acids is 1. The van der Waals surface area contributed by atoms with Gasteiger partial charge in [-0.05, 0) is 0 Å². The van der Waals surface area contributed by atoms with Gasteiger partial charge in [-0.3, -0.25) is 0 Å². The molecule has 0 aromatic carbocycles. The molecule has 0 heterocycles. The molecule has 82 valence electrons. The van der Waals surface area contributed by atoms with Crippen LogP contribution in [0.25, 0.3) is 0 Å². The van der Waals surface area contributed by atoms with Crippen LogP contribution in [0.3, 0.4) is 0 Å². The van der Waals surface area contributed by atoms with Crippen molar-refractivity contribution in [3.05, 3.63) is 0 Å². The molecular weight excluding hydrogens is 207 g/mol. The monoisotopic (exact) mass is 220 g/mol. The molecule has 0 saturated heterocycles. The maximum Gasteiger partial charge on any atom is 0.466 e. The molecule has 0 radical (unpaired) electrons. The largest absolute Gasteiger partial charge is 0.466 e. The fraction of sp³-hybridized carbons (Fsp3) is 0.667. The van der Waals surface area contributed by atoms with Crippen LogP contribution in [0.4, 0.5) is 4.79 Å². The van der Waals surface area contributed by atoms with Gasteiger partial charge in [0.15, 0.2) is 0 Å². The Morgan fingerprint density at radius 3 is 1.15 bits per heavy atom. The minimum atomic E-state index is -4.64. The summed E-state index contributed by atoms with van der Waals surface area (Å²) in [5.74, 6) is 0. The van der Waals surface area contributed by atoms with E-state index in [1.807, 2.05) is 0 Å². The van der Waals surface area contributed by atoms with Crippen LogP contribution in [-0.4, -0.2) is 44.1 Å². The summed E-state index contributed by atoms with van der Waals surface area (Å²) in [5, 5.41) is 15.2. The topological polar surface area (TPSA) is 187 Å². The Morgan fingerprint density at radius 2 is 1.15 bits per heavy atom. The molecule has 10 heteroatoms. The first-order valence-electron chi connectivity index (χ1n) is 2.70. The summed E-state index contributed by atoms with van der Waals surface area (Å²) in [6.45, 7) is -0.250. The van der Waals surface area contributed by atoms with Gasteiger partial charge in [-0.25, -0.2) is 9.36 Å². The fourth-order valence-corrected chi connectivity index (χ4v) is 0. The highest BCUT2D eigenvalue weighted by molar-refractivity contribution is 7.45. The number of urea groups is 1. The molecule has 0 aromatic rings. The van der Waals surface area contributed by atoms with Gasteiger partial charge in [0.25, 0.3) is 0 Å². The third kappa shape index (κ3) is 10900. The van der Waals surface area contributed by atoms with Gasteiger partial charge >= 0.3 is 13.9 Å². The van der Waals surface area contributed by atoms with Gasteiger partial charge in [-0.2, -0.15) is 0 Å². The molecular formula is C3H13N2O7P. The predicted octanol–water partition coefficient (Wildman–Crippen LogP) is -2.93. The summed E-state index contributed by atoms with van der Waals surface area (Å²) in [5.41, 5.74) is 8.50. The van der Waals surface area contributed by atoms with Gasteiger partial charge in [0.1, 0.15) is 0 Å². The van der Waals surface area contributed by atoms with Crippen molar-refractivity contribution in [1.29, 1.82) is 0 Å². The van der Waals surface area contributed by atoms with Crippen molar-refractivity contribution in [3.8, 4) is 0 Å². The Morgan fingerprint density at radius 1 is 1.08 bits per heavy atom. The highest BCUT2D eigenvalue weighted by Gasteiger charge is 2.00. The number of carbonyl (C=O) groups is 1. The number of aliphatic hydroxyl groups is 2. The van der Waals surface area contributed by atoms with Crippen molar-refractivity contribution < 1.29 is 34.3 Å². The van der Waals surface area contributed by atoms with Gasteiger partial charge in [0.05, 0.1) is 13.2 Å². The second-order valence-electron chi connectivity index (χ2n) is 1.36. The van der Waals surface area contributed by atoms with Crippen LogP contribution in [0.2, 0.25) is 0 Å². The Bertz CT molecular complexity index is 142. The summed E-state index contributed by atoms with van der Waals surface area (Å²) in [6.07, 6.45) is 0. The molecule has 0 spiro atoms. The standard InChI is InChI=1S/C2H6O2.CH4N2O.H3O4P/c3-1-2-4;2-1(3)4;1-5(2,3)4/h3-4H,1-2H2;(H4,2,3,4);(H3,1,2,3,4). The van der Waals surface area contributed by atoms with Crippen molar-refractivity contribution in [3.63, 3.8) is 0 Å². The normalized spacial score (nSPS) is 8.69. The average molecular weight is 220 g/mol. The van der Waals surface area contributed by atoms with E-state index < -0.39 is 13.9 Å². The molecule has 0 unspecified atom stereocenters. The average Bonchev–Trinajstić information content (AvgIpc) is 1.82. The maximum atomic E-state index is 9.00. The molecule has 0 aliphatic carbocycles. The summed E-state index contributed by atoms with van der Waals surface area (Å²) < 4.78 is 8.88. The van der Waals surface area contributed by atoms with Crippen molar-refractivity contribution in [2.24, 2.45) is 11.5 Å². The third-order valence-corrected chi connectivity index (χ3v) is 0.1000. The van der Waals surface area contributed by atoms with E-state index in [9.17, 15) is 0 Å². The van der Waals surface area contributed by atoms with Crippen molar-refractivity contribution >= 4 is 13.9 Å². The molecule has 0 aliphatic rings. The Hall–Kier alpha value is -0.700. The smallest absolute Gasteiger partial charge is 0.394 e. The number of nitrogens with two attached hydrogens (primary N) is 2. The molecule has 9 N–H and O–H groups in total. The lowest BCUT2D eigenvalue weighted by atomic mass is 10.8. The van der Waals surface area contributed by atoms with Crippen molar-refractivity contribution in [2.75, 3.05) is 13.2 Å². The predicted molar refractivity (Wildman–Crippen MR) is 42.2 cm³/mol.